The zero-order valence-corrected chi connectivity index (χ0v) is 17.2. The Morgan fingerprint density at radius 3 is 2.50 bits per heavy atom. The van der Waals surface area contributed by atoms with E-state index in [-0.39, 0.29) is 5.91 Å². The van der Waals surface area contributed by atoms with Gasteiger partial charge in [0, 0.05) is 10.9 Å². The summed E-state index contributed by atoms with van der Waals surface area (Å²) in [6.45, 7) is 4.59. The van der Waals surface area contributed by atoms with Gasteiger partial charge in [-0.2, -0.15) is 0 Å². The van der Waals surface area contributed by atoms with Crippen LogP contribution in [0.4, 0.5) is 0 Å². The first kappa shape index (κ1) is 17.3. The zero-order chi connectivity index (χ0) is 17.9. The molecule has 1 aromatic rings. The highest BCUT2D eigenvalue weighted by Gasteiger charge is 2.53. The first-order valence-corrected chi connectivity index (χ1v) is 11.8. The van der Waals surface area contributed by atoms with Crippen molar-refractivity contribution in [2.45, 2.75) is 84.1 Å². The van der Waals surface area contributed by atoms with Crippen molar-refractivity contribution < 1.29 is 4.79 Å². The third-order valence-electron chi connectivity index (χ3n) is 8.34. The molecule has 4 bridgehead atoms. The SMILES string of the molecule is CC[C@@H]1CCc2sc(C(=O)N[C@H](C)C34CC5CC(CC(C5)C3)C4)cc2C1. The van der Waals surface area contributed by atoms with Gasteiger partial charge < -0.3 is 5.32 Å². The number of carbonyl (C=O) groups is 1. The fraction of sp³-hybridized carbons (Fsp3) is 0.783. The average molecular weight is 372 g/mol. The molecule has 0 aromatic carbocycles. The lowest BCUT2D eigenvalue weighted by Crippen LogP contribution is -2.55. The summed E-state index contributed by atoms with van der Waals surface area (Å²) >= 11 is 1.76. The Kier molecular flexibility index (Phi) is 4.23. The molecule has 142 valence electrons. The van der Waals surface area contributed by atoms with Crippen LogP contribution in [0.15, 0.2) is 6.07 Å². The number of hydrogen-bond acceptors (Lipinski definition) is 2. The van der Waals surface area contributed by atoms with Gasteiger partial charge in [0.1, 0.15) is 0 Å². The maximum Gasteiger partial charge on any atom is 0.261 e. The molecule has 1 heterocycles. The fourth-order valence-electron chi connectivity index (χ4n) is 7.19. The van der Waals surface area contributed by atoms with Gasteiger partial charge in [-0.3, -0.25) is 4.79 Å². The van der Waals surface area contributed by atoms with Gasteiger partial charge in [0.05, 0.1) is 4.88 Å². The molecule has 5 aliphatic carbocycles. The number of nitrogens with one attached hydrogen (secondary N) is 1. The van der Waals surface area contributed by atoms with E-state index in [2.05, 4.69) is 25.2 Å². The van der Waals surface area contributed by atoms with Crippen LogP contribution in [0.3, 0.4) is 0 Å². The lowest BCUT2D eigenvalue weighted by molar-refractivity contribution is -0.0687. The van der Waals surface area contributed by atoms with Crippen LogP contribution in [0.5, 0.6) is 0 Å². The monoisotopic (exact) mass is 371 g/mol. The Balaban J connectivity index is 1.29. The van der Waals surface area contributed by atoms with E-state index in [9.17, 15) is 4.79 Å². The van der Waals surface area contributed by atoms with Crippen LogP contribution >= 0.6 is 11.3 Å². The summed E-state index contributed by atoms with van der Waals surface area (Å²) in [7, 11) is 0. The lowest BCUT2D eigenvalue weighted by atomic mass is 9.48. The van der Waals surface area contributed by atoms with Crippen LogP contribution in [0, 0.1) is 29.1 Å². The minimum Gasteiger partial charge on any atom is -0.348 e. The van der Waals surface area contributed by atoms with Crippen molar-refractivity contribution in [3.05, 3.63) is 21.4 Å². The number of hydrogen-bond donors (Lipinski definition) is 1. The van der Waals surface area contributed by atoms with Crippen LogP contribution in [0.25, 0.3) is 0 Å². The van der Waals surface area contributed by atoms with Crippen molar-refractivity contribution >= 4 is 17.2 Å². The van der Waals surface area contributed by atoms with Gasteiger partial charge in [-0.05, 0) is 105 Å². The van der Waals surface area contributed by atoms with Gasteiger partial charge in [-0.1, -0.05) is 13.3 Å². The summed E-state index contributed by atoms with van der Waals surface area (Å²) in [6.07, 6.45) is 13.4. The first-order chi connectivity index (χ1) is 12.5. The minimum atomic E-state index is 0.195. The van der Waals surface area contributed by atoms with Gasteiger partial charge >= 0.3 is 0 Å². The van der Waals surface area contributed by atoms with E-state index in [0.717, 1.165) is 28.5 Å². The van der Waals surface area contributed by atoms with Gasteiger partial charge in [0.2, 0.25) is 0 Å². The average Bonchev–Trinajstić information content (AvgIpc) is 3.03. The van der Waals surface area contributed by atoms with Crippen molar-refractivity contribution in [3.8, 4) is 0 Å². The molecular weight excluding hydrogens is 338 g/mol. The van der Waals surface area contributed by atoms with Crippen molar-refractivity contribution in [3.63, 3.8) is 0 Å². The van der Waals surface area contributed by atoms with E-state index in [1.165, 1.54) is 74.6 Å². The molecule has 5 aliphatic rings. The molecule has 6 rings (SSSR count). The fourth-order valence-corrected chi connectivity index (χ4v) is 8.30. The topological polar surface area (TPSA) is 29.1 Å². The second kappa shape index (κ2) is 6.36. The number of rotatable bonds is 4. The minimum absolute atomic E-state index is 0.195. The van der Waals surface area contributed by atoms with Gasteiger partial charge in [-0.15, -0.1) is 11.3 Å². The maximum atomic E-state index is 13.0. The van der Waals surface area contributed by atoms with E-state index < -0.39 is 0 Å². The highest BCUT2D eigenvalue weighted by Crippen LogP contribution is 2.61. The second-order valence-corrected chi connectivity index (χ2v) is 11.2. The summed E-state index contributed by atoms with van der Waals surface area (Å²) < 4.78 is 0. The van der Waals surface area contributed by atoms with Crippen LogP contribution in [-0.2, 0) is 12.8 Å². The number of carbonyl (C=O) groups excluding carboxylic acids is 1. The van der Waals surface area contributed by atoms with Crippen molar-refractivity contribution in [2.75, 3.05) is 0 Å². The Hall–Kier alpha value is -0.830. The third-order valence-corrected chi connectivity index (χ3v) is 9.57. The van der Waals surface area contributed by atoms with Crippen molar-refractivity contribution in [1.82, 2.24) is 5.32 Å². The molecule has 0 spiro atoms. The molecule has 0 saturated heterocycles. The molecule has 0 radical (unpaired) electrons. The summed E-state index contributed by atoms with van der Waals surface area (Å²) in [6, 6.07) is 2.54. The van der Waals surface area contributed by atoms with Gasteiger partial charge in [0.25, 0.3) is 5.91 Å². The molecule has 4 fully saturated rings. The molecule has 1 amide bonds. The van der Waals surface area contributed by atoms with E-state index in [1.807, 2.05) is 0 Å². The van der Waals surface area contributed by atoms with E-state index in [1.54, 1.807) is 11.3 Å². The number of fused-ring (bicyclic) bond motifs is 1. The highest BCUT2D eigenvalue weighted by atomic mass is 32.1. The Labute approximate surface area is 162 Å². The van der Waals surface area contributed by atoms with E-state index in [0.29, 0.717) is 11.5 Å². The molecule has 26 heavy (non-hydrogen) atoms. The summed E-state index contributed by atoms with van der Waals surface area (Å²) in [5.74, 6) is 3.85. The second-order valence-electron chi connectivity index (χ2n) is 10.1. The number of thiophene rings is 1. The number of aryl methyl sites for hydroxylation is 1. The van der Waals surface area contributed by atoms with Crippen molar-refractivity contribution in [1.29, 1.82) is 0 Å². The molecular formula is C23H33NOS. The predicted molar refractivity (Wildman–Crippen MR) is 108 cm³/mol. The quantitative estimate of drug-likeness (QED) is 0.733. The Bertz CT molecular complexity index is 670. The maximum absolute atomic E-state index is 13.0. The molecule has 3 heteroatoms. The third kappa shape index (κ3) is 2.85. The molecule has 0 unspecified atom stereocenters. The van der Waals surface area contributed by atoms with Crippen molar-refractivity contribution in [2.24, 2.45) is 29.1 Å². The predicted octanol–water partition coefficient (Wildman–Crippen LogP) is 5.60. The smallest absolute Gasteiger partial charge is 0.261 e. The normalized spacial score (nSPS) is 38.8. The largest absolute Gasteiger partial charge is 0.348 e. The zero-order valence-electron chi connectivity index (χ0n) is 16.4. The molecule has 1 N–H and O–H groups in total. The lowest BCUT2D eigenvalue weighted by Gasteiger charge is -2.59. The van der Waals surface area contributed by atoms with Gasteiger partial charge in [-0.25, -0.2) is 0 Å². The molecule has 4 saturated carbocycles. The van der Waals surface area contributed by atoms with E-state index in [4.69, 9.17) is 0 Å². The highest BCUT2D eigenvalue weighted by molar-refractivity contribution is 7.14. The van der Waals surface area contributed by atoms with E-state index >= 15 is 0 Å². The summed E-state index contributed by atoms with van der Waals surface area (Å²) in [5, 5.41) is 3.46. The molecule has 0 aliphatic heterocycles. The summed E-state index contributed by atoms with van der Waals surface area (Å²) in [4.78, 5) is 15.5. The Morgan fingerprint density at radius 2 is 1.88 bits per heavy atom. The Morgan fingerprint density at radius 1 is 1.23 bits per heavy atom. The van der Waals surface area contributed by atoms with Crippen LogP contribution in [0.1, 0.15) is 85.3 Å². The molecule has 2 atom stereocenters. The van der Waals surface area contributed by atoms with Crippen LogP contribution in [-0.4, -0.2) is 11.9 Å². The van der Waals surface area contributed by atoms with Crippen LogP contribution in [0.2, 0.25) is 0 Å². The summed E-state index contributed by atoms with van der Waals surface area (Å²) in [5.41, 5.74) is 1.86. The molecule has 1 aromatic heterocycles. The standard InChI is InChI=1S/C23H33NOS/c1-3-15-4-5-20-19(9-15)10-21(26-20)22(25)24-14(2)23-11-16-6-17(12-23)8-18(7-16)13-23/h10,14-18H,3-9,11-13H2,1-2H3,(H,24,25)/t14-,15-,16?,17?,18?,23?/m1/s1. The molecule has 2 nitrogen and oxygen atoms in total. The van der Waals surface area contributed by atoms with Crippen LogP contribution < -0.4 is 5.32 Å². The van der Waals surface area contributed by atoms with Gasteiger partial charge in [0.15, 0.2) is 0 Å². The number of amides is 1. The first-order valence-electron chi connectivity index (χ1n) is 11.0.